The lowest BCUT2D eigenvalue weighted by atomic mass is 10.1. The van der Waals surface area contributed by atoms with E-state index in [-0.39, 0.29) is 12.4 Å². The zero-order valence-corrected chi connectivity index (χ0v) is 11.0. The van der Waals surface area contributed by atoms with Crippen molar-refractivity contribution in [3.63, 3.8) is 0 Å². The quantitative estimate of drug-likeness (QED) is 0.841. The SMILES string of the molecule is Cc1c(CN2CCNC[C@@H]2C)cnn1C.Cl. The molecular weight excluding hydrogens is 224 g/mol. The molecule has 4 nitrogen and oxygen atoms in total. The molecular formula is C11H21ClN4. The van der Waals surface area contributed by atoms with E-state index in [1.54, 1.807) is 0 Å². The molecule has 1 saturated heterocycles. The lowest BCUT2D eigenvalue weighted by molar-refractivity contribution is 0.165. The van der Waals surface area contributed by atoms with Gasteiger partial charge in [-0.05, 0) is 13.8 Å². The fourth-order valence-electron chi connectivity index (χ4n) is 2.04. The van der Waals surface area contributed by atoms with Crippen LogP contribution in [0, 0.1) is 6.92 Å². The molecule has 0 aliphatic carbocycles. The molecule has 0 unspecified atom stereocenters. The van der Waals surface area contributed by atoms with Crippen molar-refractivity contribution in [2.75, 3.05) is 19.6 Å². The molecule has 1 fully saturated rings. The average Bonchev–Trinajstić information content (AvgIpc) is 2.53. The summed E-state index contributed by atoms with van der Waals surface area (Å²) < 4.78 is 1.95. The van der Waals surface area contributed by atoms with E-state index < -0.39 is 0 Å². The Balaban J connectivity index is 0.00000128. The number of piperazine rings is 1. The van der Waals surface area contributed by atoms with Gasteiger partial charge in [0.1, 0.15) is 0 Å². The van der Waals surface area contributed by atoms with Gasteiger partial charge in [0.15, 0.2) is 0 Å². The normalized spacial score (nSPS) is 21.8. The van der Waals surface area contributed by atoms with Gasteiger partial charge >= 0.3 is 0 Å². The minimum atomic E-state index is 0. The van der Waals surface area contributed by atoms with Crippen LogP contribution < -0.4 is 5.32 Å². The van der Waals surface area contributed by atoms with Crippen LogP contribution in [-0.4, -0.2) is 40.4 Å². The summed E-state index contributed by atoms with van der Waals surface area (Å²) in [5.74, 6) is 0. The minimum absolute atomic E-state index is 0. The standard InChI is InChI=1S/C11H20N4.ClH/c1-9-6-12-4-5-15(9)8-11-7-13-14(3)10(11)2;/h7,9,12H,4-6,8H2,1-3H3;1H/t9-;/m0./s1. The van der Waals surface area contributed by atoms with Gasteiger partial charge in [-0.25, -0.2) is 0 Å². The topological polar surface area (TPSA) is 33.1 Å². The summed E-state index contributed by atoms with van der Waals surface area (Å²) in [4.78, 5) is 2.51. The van der Waals surface area contributed by atoms with Gasteiger partial charge in [0, 0.05) is 50.5 Å². The molecule has 16 heavy (non-hydrogen) atoms. The molecule has 1 aromatic rings. The first-order valence-electron chi connectivity index (χ1n) is 5.60. The van der Waals surface area contributed by atoms with Crippen molar-refractivity contribution < 1.29 is 0 Å². The van der Waals surface area contributed by atoms with Crippen LogP contribution in [0.4, 0.5) is 0 Å². The van der Waals surface area contributed by atoms with Crippen molar-refractivity contribution in [1.29, 1.82) is 0 Å². The molecule has 0 bridgehead atoms. The lowest BCUT2D eigenvalue weighted by Gasteiger charge is -2.33. The van der Waals surface area contributed by atoms with E-state index in [0.29, 0.717) is 6.04 Å². The molecule has 1 aliphatic heterocycles. The Hall–Kier alpha value is -0.580. The third-order valence-corrected chi connectivity index (χ3v) is 3.35. The first-order chi connectivity index (χ1) is 7.18. The van der Waals surface area contributed by atoms with Gasteiger partial charge < -0.3 is 5.32 Å². The number of rotatable bonds is 2. The van der Waals surface area contributed by atoms with Gasteiger partial charge in [-0.2, -0.15) is 5.10 Å². The molecule has 1 N–H and O–H groups in total. The smallest absolute Gasteiger partial charge is 0.0537 e. The number of halogens is 1. The highest BCUT2D eigenvalue weighted by Crippen LogP contribution is 2.12. The number of nitrogens with zero attached hydrogens (tertiary/aromatic N) is 3. The van der Waals surface area contributed by atoms with Crippen molar-refractivity contribution in [1.82, 2.24) is 20.0 Å². The summed E-state index contributed by atoms with van der Waals surface area (Å²) in [6.45, 7) is 8.77. The summed E-state index contributed by atoms with van der Waals surface area (Å²) >= 11 is 0. The maximum absolute atomic E-state index is 4.28. The van der Waals surface area contributed by atoms with Gasteiger partial charge in [0.05, 0.1) is 6.20 Å². The molecule has 2 heterocycles. The second kappa shape index (κ2) is 5.66. The third kappa shape index (κ3) is 2.75. The number of hydrogen-bond acceptors (Lipinski definition) is 3. The molecule has 2 rings (SSSR count). The molecule has 0 saturated carbocycles. The Bertz CT molecular complexity index is 337. The third-order valence-electron chi connectivity index (χ3n) is 3.35. The Kier molecular flexibility index (Phi) is 4.77. The largest absolute Gasteiger partial charge is 0.314 e. The molecule has 92 valence electrons. The van der Waals surface area contributed by atoms with E-state index in [2.05, 4.69) is 29.2 Å². The first-order valence-corrected chi connectivity index (χ1v) is 5.60. The van der Waals surface area contributed by atoms with E-state index in [4.69, 9.17) is 0 Å². The van der Waals surface area contributed by atoms with Crippen LogP contribution in [0.2, 0.25) is 0 Å². The Morgan fingerprint density at radius 1 is 1.56 bits per heavy atom. The Morgan fingerprint density at radius 3 is 2.88 bits per heavy atom. The van der Waals surface area contributed by atoms with Crippen LogP contribution in [0.5, 0.6) is 0 Å². The molecule has 5 heteroatoms. The number of nitrogens with one attached hydrogen (secondary N) is 1. The van der Waals surface area contributed by atoms with Gasteiger partial charge in [0.2, 0.25) is 0 Å². The van der Waals surface area contributed by atoms with Crippen LogP contribution in [0.1, 0.15) is 18.2 Å². The molecule has 0 aromatic carbocycles. The minimum Gasteiger partial charge on any atom is -0.314 e. The molecule has 0 radical (unpaired) electrons. The van der Waals surface area contributed by atoms with Gasteiger partial charge in [-0.15, -0.1) is 12.4 Å². The zero-order valence-electron chi connectivity index (χ0n) is 10.2. The van der Waals surface area contributed by atoms with E-state index >= 15 is 0 Å². The molecule has 1 atom stereocenters. The van der Waals surface area contributed by atoms with E-state index in [9.17, 15) is 0 Å². The fraction of sp³-hybridized carbons (Fsp3) is 0.727. The van der Waals surface area contributed by atoms with E-state index in [0.717, 1.165) is 26.2 Å². The van der Waals surface area contributed by atoms with Crippen molar-refractivity contribution in [2.45, 2.75) is 26.4 Å². The summed E-state index contributed by atoms with van der Waals surface area (Å²) in [6, 6.07) is 0.623. The first kappa shape index (κ1) is 13.5. The predicted molar refractivity (Wildman–Crippen MR) is 67.9 cm³/mol. The number of aryl methyl sites for hydroxylation is 1. The highest BCUT2D eigenvalue weighted by Gasteiger charge is 2.19. The number of aromatic nitrogens is 2. The summed E-state index contributed by atoms with van der Waals surface area (Å²) in [5, 5.41) is 7.69. The Morgan fingerprint density at radius 2 is 2.31 bits per heavy atom. The maximum atomic E-state index is 4.28. The van der Waals surface area contributed by atoms with Gasteiger partial charge in [-0.1, -0.05) is 0 Å². The van der Waals surface area contributed by atoms with Crippen molar-refractivity contribution in [3.8, 4) is 0 Å². The second-order valence-electron chi connectivity index (χ2n) is 4.40. The van der Waals surface area contributed by atoms with E-state index in [1.807, 2.05) is 17.9 Å². The van der Waals surface area contributed by atoms with Gasteiger partial charge in [-0.3, -0.25) is 9.58 Å². The highest BCUT2D eigenvalue weighted by molar-refractivity contribution is 5.85. The molecule has 0 spiro atoms. The van der Waals surface area contributed by atoms with Crippen LogP contribution in [0.15, 0.2) is 6.20 Å². The van der Waals surface area contributed by atoms with Crippen molar-refractivity contribution >= 4 is 12.4 Å². The van der Waals surface area contributed by atoms with Gasteiger partial charge in [0.25, 0.3) is 0 Å². The van der Waals surface area contributed by atoms with Crippen LogP contribution in [0.3, 0.4) is 0 Å². The van der Waals surface area contributed by atoms with Crippen molar-refractivity contribution in [3.05, 3.63) is 17.5 Å². The van der Waals surface area contributed by atoms with Crippen LogP contribution >= 0.6 is 12.4 Å². The monoisotopic (exact) mass is 244 g/mol. The summed E-state index contributed by atoms with van der Waals surface area (Å²) in [6.07, 6.45) is 1.99. The van der Waals surface area contributed by atoms with Crippen LogP contribution in [-0.2, 0) is 13.6 Å². The molecule has 1 aromatic heterocycles. The predicted octanol–water partition coefficient (Wildman–Crippen LogP) is 0.944. The lowest BCUT2D eigenvalue weighted by Crippen LogP contribution is -2.49. The maximum Gasteiger partial charge on any atom is 0.0537 e. The summed E-state index contributed by atoms with van der Waals surface area (Å²) in [5.41, 5.74) is 2.63. The molecule has 1 aliphatic rings. The Labute approximate surface area is 103 Å². The number of hydrogen-bond donors (Lipinski definition) is 1. The average molecular weight is 245 g/mol. The fourth-order valence-corrected chi connectivity index (χ4v) is 2.04. The highest BCUT2D eigenvalue weighted by atomic mass is 35.5. The molecule has 0 amide bonds. The van der Waals surface area contributed by atoms with Crippen molar-refractivity contribution in [2.24, 2.45) is 7.05 Å². The zero-order chi connectivity index (χ0) is 10.8. The second-order valence-corrected chi connectivity index (χ2v) is 4.40. The summed E-state index contributed by atoms with van der Waals surface area (Å²) in [7, 11) is 2.00. The van der Waals surface area contributed by atoms with Crippen LogP contribution in [0.25, 0.3) is 0 Å². The van der Waals surface area contributed by atoms with E-state index in [1.165, 1.54) is 11.3 Å².